The number of aryl methyl sites for hydroxylation is 2. The molecule has 1 N–H and O–H groups in total. The van der Waals surface area contributed by atoms with Gasteiger partial charge in [0.05, 0.1) is 13.7 Å². The Morgan fingerprint density at radius 2 is 1.37 bits per heavy atom. The lowest BCUT2D eigenvalue weighted by molar-refractivity contribution is -0.271. The van der Waals surface area contributed by atoms with Crippen LogP contribution in [-0.4, -0.2) is 24.4 Å². The van der Waals surface area contributed by atoms with E-state index in [2.05, 4.69) is 100 Å². The van der Waals surface area contributed by atoms with Gasteiger partial charge in [0, 0.05) is 11.0 Å². The molecule has 0 amide bonds. The van der Waals surface area contributed by atoms with E-state index in [1.807, 2.05) is 13.8 Å². The second kappa shape index (κ2) is 13.3. The lowest BCUT2D eigenvalue weighted by atomic mass is 9.69. The topological polar surface area (TPSA) is 38.7 Å². The lowest BCUT2D eigenvalue weighted by Crippen LogP contribution is -2.26. The van der Waals surface area contributed by atoms with E-state index in [9.17, 15) is 5.11 Å². The largest absolute Gasteiger partial charge is 0.378 e. The Morgan fingerprint density at radius 1 is 0.763 bits per heavy atom. The standard InChI is InChI=1S/C35H44O3/c1-8-34(36,9-2)22-20-29-16-17-31(24-26(29)5)35(10-3,11-4)32-18-19-33(27(6)25-32)30-14-12-28(13-15-30)21-23-38-37-7/h12-19,24-25,36H,8-11,21,23H2,1-7H3. The number of aliphatic hydroxyl groups is 1. The van der Waals surface area contributed by atoms with E-state index in [0.29, 0.717) is 19.4 Å². The average Bonchev–Trinajstić information content (AvgIpc) is 2.94. The summed E-state index contributed by atoms with van der Waals surface area (Å²) in [4.78, 5) is 9.70. The Labute approximate surface area is 230 Å². The normalized spacial score (nSPS) is 11.8. The monoisotopic (exact) mass is 512 g/mol. The van der Waals surface area contributed by atoms with Crippen LogP contribution in [0.25, 0.3) is 11.1 Å². The Morgan fingerprint density at radius 3 is 1.89 bits per heavy atom. The Kier molecular flexibility index (Phi) is 10.3. The van der Waals surface area contributed by atoms with Gasteiger partial charge in [-0.2, -0.15) is 0 Å². The first-order valence-electron chi connectivity index (χ1n) is 14.0. The van der Waals surface area contributed by atoms with Crippen LogP contribution in [0, 0.1) is 25.7 Å². The smallest absolute Gasteiger partial charge is 0.125 e. The highest BCUT2D eigenvalue weighted by molar-refractivity contribution is 5.68. The van der Waals surface area contributed by atoms with Gasteiger partial charge in [-0.05, 0) is 91.0 Å². The van der Waals surface area contributed by atoms with E-state index >= 15 is 0 Å². The molecule has 38 heavy (non-hydrogen) atoms. The average molecular weight is 513 g/mol. The second-order valence-corrected chi connectivity index (χ2v) is 10.3. The van der Waals surface area contributed by atoms with Crippen LogP contribution < -0.4 is 0 Å². The van der Waals surface area contributed by atoms with Crippen LogP contribution in [0.15, 0.2) is 60.7 Å². The molecule has 0 aliphatic heterocycles. The van der Waals surface area contributed by atoms with Crippen molar-refractivity contribution in [3.8, 4) is 23.0 Å². The molecule has 3 aromatic rings. The molecule has 0 unspecified atom stereocenters. The Bertz CT molecular complexity index is 1250. The van der Waals surface area contributed by atoms with Crippen molar-refractivity contribution in [1.29, 1.82) is 0 Å². The molecule has 3 rings (SSSR count). The predicted octanol–water partition coefficient (Wildman–Crippen LogP) is 8.10. The molecule has 0 atom stereocenters. The van der Waals surface area contributed by atoms with Crippen LogP contribution in [0.2, 0.25) is 0 Å². The lowest BCUT2D eigenvalue weighted by Gasteiger charge is -2.34. The molecule has 0 saturated carbocycles. The molecular formula is C35H44O3. The summed E-state index contributed by atoms with van der Waals surface area (Å²) in [5, 5.41) is 10.6. The summed E-state index contributed by atoms with van der Waals surface area (Å²) in [6, 6.07) is 22.3. The molecule has 202 valence electrons. The molecule has 0 aliphatic carbocycles. The van der Waals surface area contributed by atoms with Gasteiger partial charge in [-0.15, -0.1) is 0 Å². The SMILES string of the molecule is CCC(O)(C#Cc1ccc(C(CC)(CC)c2ccc(-c3ccc(CCOOC)cc3)c(C)c2)cc1C)CC. The van der Waals surface area contributed by atoms with E-state index in [1.165, 1.54) is 40.5 Å². The first-order valence-corrected chi connectivity index (χ1v) is 14.0. The molecule has 3 aromatic carbocycles. The summed E-state index contributed by atoms with van der Waals surface area (Å²) >= 11 is 0. The van der Waals surface area contributed by atoms with Gasteiger partial charge in [0.1, 0.15) is 5.60 Å². The predicted molar refractivity (Wildman–Crippen MR) is 158 cm³/mol. The minimum Gasteiger partial charge on any atom is -0.378 e. The third-order valence-corrected chi connectivity index (χ3v) is 8.22. The van der Waals surface area contributed by atoms with Gasteiger partial charge in [0.25, 0.3) is 0 Å². The molecule has 3 nitrogen and oxygen atoms in total. The fraction of sp³-hybridized carbons (Fsp3) is 0.429. The van der Waals surface area contributed by atoms with Crippen LogP contribution in [0.5, 0.6) is 0 Å². The van der Waals surface area contributed by atoms with E-state index in [-0.39, 0.29) is 5.41 Å². The molecule has 0 heterocycles. The van der Waals surface area contributed by atoms with Crippen LogP contribution >= 0.6 is 0 Å². The van der Waals surface area contributed by atoms with Crippen molar-refractivity contribution < 1.29 is 14.9 Å². The number of hydrogen-bond acceptors (Lipinski definition) is 3. The maximum atomic E-state index is 10.6. The summed E-state index contributed by atoms with van der Waals surface area (Å²) in [6.45, 7) is 13.4. The third kappa shape index (κ3) is 6.56. The molecular weight excluding hydrogens is 468 g/mol. The molecule has 0 aromatic heterocycles. The van der Waals surface area contributed by atoms with Crippen LogP contribution in [0.1, 0.15) is 86.8 Å². The van der Waals surface area contributed by atoms with E-state index < -0.39 is 5.60 Å². The molecule has 0 aliphatic rings. The van der Waals surface area contributed by atoms with E-state index in [4.69, 9.17) is 9.78 Å². The Balaban J connectivity index is 1.93. The van der Waals surface area contributed by atoms with Gasteiger partial charge in [-0.3, -0.25) is 0 Å². The van der Waals surface area contributed by atoms with Gasteiger partial charge < -0.3 is 5.11 Å². The summed E-state index contributed by atoms with van der Waals surface area (Å²) in [5.41, 5.74) is 8.81. The molecule has 3 heteroatoms. The maximum Gasteiger partial charge on any atom is 0.125 e. The number of benzene rings is 3. The highest BCUT2D eigenvalue weighted by Gasteiger charge is 2.31. The fourth-order valence-corrected chi connectivity index (χ4v) is 5.32. The molecule has 0 radical (unpaired) electrons. The van der Waals surface area contributed by atoms with Crippen LogP contribution in [0.4, 0.5) is 0 Å². The first kappa shape index (κ1) is 29.7. The van der Waals surface area contributed by atoms with Crippen molar-refractivity contribution in [2.75, 3.05) is 13.7 Å². The minimum absolute atomic E-state index is 0.0706. The van der Waals surface area contributed by atoms with E-state index in [0.717, 1.165) is 30.4 Å². The van der Waals surface area contributed by atoms with Gasteiger partial charge >= 0.3 is 0 Å². The summed E-state index contributed by atoms with van der Waals surface area (Å²) in [6.07, 6.45) is 4.10. The zero-order valence-electron chi connectivity index (χ0n) is 24.3. The second-order valence-electron chi connectivity index (χ2n) is 10.3. The minimum atomic E-state index is -0.917. The quantitative estimate of drug-likeness (QED) is 0.122. The molecule has 0 saturated heterocycles. The zero-order chi connectivity index (χ0) is 27.8. The van der Waals surface area contributed by atoms with Gasteiger partial charge in [-0.1, -0.05) is 94.1 Å². The van der Waals surface area contributed by atoms with Crippen LogP contribution in [0.3, 0.4) is 0 Å². The van der Waals surface area contributed by atoms with Gasteiger partial charge in [0.15, 0.2) is 0 Å². The van der Waals surface area contributed by atoms with Gasteiger partial charge in [-0.25, -0.2) is 9.78 Å². The molecule has 0 spiro atoms. The summed E-state index contributed by atoms with van der Waals surface area (Å²) < 4.78 is 0. The number of rotatable bonds is 11. The first-order chi connectivity index (χ1) is 18.3. The van der Waals surface area contributed by atoms with Gasteiger partial charge in [0.2, 0.25) is 0 Å². The van der Waals surface area contributed by atoms with Crippen molar-refractivity contribution >= 4 is 0 Å². The molecule has 0 bridgehead atoms. The van der Waals surface area contributed by atoms with Crippen molar-refractivity contribution in [1.82, 2.24) is 0 Å². The van der Waals surface area contributed by atoms with E-state index in [1.54, 1.807) is 0 Å². The summed E-state index contributed by atoms with van der Waals surface area (Å²) in [5.74, 6) is 6.36. The molecule has 0 fully saturated rings. The Hall–Kier alpha value is -2.90. The van der Waals surface area contributed by atoms with Crippen molar-refractivity contribution in [3.05, 3.63) is 94.0 Å². The highest BCUT2D eigenvalue weighted by atomic mass is 17.2. The van der Waals surface area contributed by atoms with Crippen molar-refractivity contribution in [3.63, 3.8) is 0 Å². The highest BCUT2D eigenvalue weighted by Crippen LogP contribution is 2.41. The van der Waals surface area contributed by atoms with Crippen LogP contribution in [-0.2, 0) is 21.6 Å². The van der Waals surface area contributed by atoms with Crippen molar-refractivity contribution in [2.45, 2.75) is 84.7 Å². The maximum absolute atomic E-state index is 10.6. The summed E-state index contributed by atoms with van der Waals surface area (Å²) in [7, 11) is 1.54. The van der Waals surface area contributed by atoms with Crippen molar-refractivity contribution in [2.24, 2.45) is 0 Å². The zero-order valence-corrected chi connectivity index (χ0v) is 24.3. The number of hydrogen-bond donors (Lipinski definition) is 1. The third-order valence-electron chi connectivity index (χ3n) is 8.22. The fourth-order valence-electron chi connectivity index (χ4n) is 5.32.